The smallest absolute Gasteiger partial charge is 0.333 e. The zero-order valence-corrected chi connectivity index (χ0v) is 22.4. The van der Waals surface area contributed by atoms with Gasteiger partial charge >= 0.3 is 5.97 Å². The molecule has 0 radical (unpaired) electrons. The lowest BCUT2D eigenvalue weighted by Crippen LogP contribution is -2.67. The van der Waals surface area contributed by atoms with Gasteiger partial charge in [0.15, 0.2) is 11.5 Å². The summed E-state index contributed by atoms with van der Waals surface area (Å²) in [7, 11) is -0.503. The topological polar surface area (TPSA) is 121 Å². The van der Waals surface area contributed by atoms with Crippen LogP contribution in [0, 0.1) is 5.92 Å². The fraction of sp³-hybridized carbons (Fsp3) is 0.519. The van der Waals surface area contributed by atoms with Gasteiger partial charge in [0.2, 0.25) is 11.8 Å². The van der Waals surface area contributed by atoms with Crippen molar-refractivity contribution in [3.05, 3.63) is 47.0 Å². The second kappa shape index (κ2) is 7.81. The first-order valence-corrected chi connectivity index (χ1v) is 15.3. The number of likely N-dealkylation sites (tertiary alicyclic amines) is 1. The van der Waals surface area contributed by atoms with Gasteiger partial charge in [0.25, 0.3) is 0 Å². The Morgan fingerprint density at radius 2 is 1.95 bits per heavy atom. The lowest BCUT2D eigenvalue weighted by molar-refractivity contribution is -0.145. The van der Waals surface area contributed by atoms with Gasteiger partial charge in [0.1, 0.15) is 6.10 Å². The summed E-state index contributed by atoms with van der Waals surface area (Å²) in [4.78, 5) is 20.1. The molecule has 2 aliphatic carbocycles. The van der Waals surface area contributed by atoms with Gasteiger partial charge < -0.3 is 34.4 Å². The van der Waals surface area contributed by atoms with Crippen LogP contribution in [0.15, 0.2) is 30.4 Å². The fourth-order valence-electron chi connectivity index (χ4n) is 7.23. The monoisotopic (exact) mass is 528 g/mol. The number of phenolic OH excluding ortho intramolecular Hbond substituents is 1. The molecular weight excluding hydrogens is 495 g/mol. The van der Waals surface area contributed by atoms with Gasteiger partial charge in [-0.3, -0.25) is 0 Å². The maximum atomic E-state index is 13.6. The second-order valence-corrected chi connectivity index (χ2v) is 15.2. The van der Waals surface area contributed by atoms with Crippen molar-refractivity contribution in [3.8, 4) is 23.3 Å². The van der Waals surface area contributed by atoms with E-state index < -0.39 is 23.7 Å². The summed E-state index contributed by atoms with van der Waals surface area (Å²) in [5.74, 6) is -0.685. The lowest BCUT2D eigenvalue weighted by Gasteiger charge is -2.59. The molecule has 2 aliphatic heterocycles. The first kappa shape index (κ1) is 24.4. The van der Waals surface area contributed by atoms with Gasteiger partial charge in [-0.25, -0.2) is 4.79 Å². The molecule has 3 heterocycles. The minimum absolute atomic E-state index is 0.0136. The lowest BCUT2D eigenvalue weighted by atomic mass is 9.51. The molecule has 0 saturated carbocycles. The van der Waals surface area contributed by atoms with E-state index in [2.05, 4.69) is 24.1 Å². The van der Waals surface area contributed by atoms with E-state index in [4.69, 9.17) is 9.57 Å². The van der Waals surface area contributed by atoms with Crippen molar-refractivity contribution >= 4 is 13.1 Å². The molecule has 2 aromatic rings. The van der Waals surface area contributed by atoms with E-state index in [0.29, 0.717) is 16.9 Å². The number of carbonyl (C=O) groups excluding carboxylic acids is 1. The highest BCUT2D eigenvalue weighted by Gasteiger charge is 2.69. The van der Waals surface area contributed by atoms with Crippen LogP contribution in [-0.2, 0) is 27.6 Å². The molecule has 1 aromatic heterocycles. The molecule has 2 bridgehead atoms. The summed E-state index contributed by atoms with van der Waals surface area (Å²) >= 11 is 0. The van der Waals surface area contributed by atoms with Gasteiger partial charge in [-0.05, 0) is 70.3 Å². The molecule has 5 atom stereocenters. The number of carbonyl (C=O) groups is 1. The van der Waals surface area contributed by atoms with Crippen LogP contribution >= 0.6 is 7.14 Å². The molecule has 1 spiro atoms. The van der Waals surface area contributed by atoms with Crippen molar-refractivity contribution < 1.29 is 34.3 Å². The van der Waals surface area contributed by atoms with Gasteiger partial charge in [-0.2, -0.15) is 0 Å². The minimum Gasteiger partial charge on any atom is -0.504 e. The minimum atomic E-state index is -2.64. The van der Waals surface area contributed by atoms with Crippen LogP contribution in [0.2, 0.25) is 0 Å². The summed E-state index contributed by atoms with van der Waals surface area (Å²) in [6.07, 6.45) is 5.87. The van der Waals surface area contributed by atoms with Crippen LogP contribution in [-0.4, -0.2) is 75.1 Å². The number of likely N-dealkylation sites (N-methyl/N-ethyl adjacent to an activating group) is 1. The van der Waals surface area contributed by atoms with Crippen molar-refractivity contribution in [2.24, 2.45) is 5.92 Å². The molecule has 6 rings (SSSR count). The normalized spacial score (nSPS) is 31.6. The molecule has 5 unspecified atom stereocenters. The third-order valence-electron chi connectivity index (χ3n) is 9.42. The highest BCUT2D eigenvalue weighted by atomic mass is 31.2. The fourth-order valence-corrected chi connectivity index (χ4v) is 8.53. The average molecular weight is 529 g/mol. The zero-order valence-electron chi connectivity index (χ0n) is 21.5. The third-order valence-corrected chi connectivity index (χ3v) is 12.1. The number of piperidine rings is 1. The number of benzene rings is 1. The molecule has 1 fully saturated rings. The summed E-state index contributed by atoms with van der Waals surface area (Å²) in [5, 5.41) is 30.0. The summed E-state index contributed by atoms with van der Waals surface area (Å²) in [6.45, 7) is 6.53. The van der Waals surface area contributed by atoms with Crippen molar-refractivity contribution in [2.45, 2.75) is 55.3 Å². The van der Waals surface area contributed by atoms with E-state index in [1.54, 1.807) is 6.07 Å². The molecule has 1 saturated heterocycles. The van der Waals surface area contributed by atoms with E-state index in [-0.39, 0.29) is 42.0 Å². The number of phenols is 1. The van der Waals surface area contributed by atoms with E-state index in [1.165, 1.54) is 12.1 Å². The first-order valence-electron chi connectivity index (χ1n) is 12.7. The molecule has 1 aromatic carbocycles. The first-order chi connectivity index (χ1) is 17.4. The zero-order chi connectivity index (χ0) is 26.5. The maximum Gasteiger partial charge on any atom is 0.333 e. The van der Waals surface area contributed by atoms with Gasteiger partial charge in [0, 0.05) is 35.1 Å². The molecule has 10 heteroatoms. The Bertz CT molecular complexity index is 1370. The Labute approximate surface area is 215 Å². The largest absolute Gasteiger partial charge is 0.504 e. The summed E-state index contributed by atoms with van der Waals surface area (Å²) < 4.78 is 20.9. The maximum absolute atomic E-state index is 13.6. The van der Waals surface area contributed by atoms with Crippen LogP contribution in [0.4, 0.5) is 0 Å². The number of hydrogen-bond donors (Lipinski definition) is 3. The standard InChI is InChI=1S/C27H33N2O7P/c1-26(37(3,4)34)10-9-17-18-14-16-15(5-8-22(33)36-29-20(31)6-7-21(29)32)13-19(30)24-23(16)27(17,25(26)35-24)11-12-28(18)2/h6-7,9-10,13,17-18,25,30-32H,5,8,11-12,14H2,1-4H3. The molecule has 9 nitrogen and oxygen atoms in total. The Kier molecular flexibility index (Phi) is 5.16. The predicted molar refractivity (Wildman–Crippen MR) is 137 cm³/mol. The Hall–Kier alpha value is -2.90. The molecule has 198 valence electrons. The Morgan fingerprint density at radius 3 is 2.62 bits per heavy atom. The highest BCUT2D eigenvalue weighted by Crippen LogP contribution is 2.70. The van der Waals surface area contributed by atoms with E-state index >= 15 is 0 Å². The van der Waals surface area contributed by atoms with Crippen molar-refractivity contribution in [1.29, 1.82) is 0 Å². The van der Waals surface area contributed by atoms with Crippen LogP contribution in [0.1, 0.15) is 36.5 Å². The SMILES string of the molecule is CN1CCC23c4c5c(CCC(=O)On6c(O)ccc6O)cc(O)c4OC2C(C)(P(C)(C)=O)C=CC3C1C5. The summed E-state index contributed by atoms with van der Waals surface area (Å²) in [6, 6.07) is 4.35. The molecular formula is C27H33N2O7P. The number of aryl methyl sites for hydroxylation is 1. The molecule has 0 amide bonds. The summed E-state index contributed by atoms with van der Waals surface area (Å²) in [5.41, 5.74) is 2.55. The average Bonchev–Trinajstić information content (AvgIpc) is 3.34. The van der Waals surface area contributed by atoms with Crippen molar-refractivity contribution in [2.75, 3.05) is 26.9 Å². The Balaban J connectivity index is 1.41. The van der Waals surface area contributed by atoms with Crippen LogP contribution in [0.5, 0.6) is 23.3 Å². The molecule has 37 heavy (non-hydrogen) atoms. The number of aromatic nitrogens is 1. The van der Waals surface area contributed by atoms with Crippen LogP contribution < -0.4 is 9.57 Å². The number of ether oxygens (including phenoxy) is 1. The van der Waals surface area contributed by atoms with Gasteiger partial charge in [0.05, 0.1) is 18.7 Å². The van der Waals surface area contributed by atoms with E-state index in [0.717, 1.165) is 36.1 Å². The highest BCUT2D eigenvalue weighted by molar-refractivity contribution is 7.64. The van der Waals surface area contributed by atoms with Gasteiger partial charge in [-0.15, -0.1) is 4.73 Å². The second-order valence-electron chi connectivity index (χ2n) is 11.5. The number of aromatic hydroxyl groups is 3. The Morgan fingerprint density at radius 1 is 1.24 bits per heavy atom. The molecule has 3 N–H and O–H groups in total. The van der Waals surface area contributed by atoms with Crippen LogP contribution in [0.3, 0.4) is 0 Å². The quantitative estimate of drug-likeness (QED) is 0.400. The number of nitrogens with zero attached hydrogens (tertiary/aromatic N) is 2. The predicted octanol–water partition coefficient (Wildman–Crippen LogP) is 3.02. The van der Waals surface area contributed by atoms with E-state index in [9.17, 15) is 24.7 Å². The number of hydrogen-bond acceptors (Lipinski definition) is 8. The molecule has 4 aliphatic rings. The van der Waals surface area contributed by atoms with Crippen molar-refractivity contribution in [3.63, 3.8) is 0 Å². The van der Waals surface area contributed by atoms with E-state index in [1.807, 2.05) is 20.3 Å². The van der Waals surface area contributed by atoms with Crippen LogP contribution in [0.25, 0.3) is 0 Å². The third kappa shape index (κ3) is 3.20. The van der Waals surface area contributed by atoms with Gasteiger partial charge in [-0.1, -0.05) is 12.2 Å². The van der Waals surface area contributed by atoms with Crippen molar-refractivity contribution in [1.82, 2.24) is 9.63 Å². The number of rotatable bonds is 5.